The van der Waals surface area contributed by atoms with Gasteiger partial charge < -0.3 is 10.6 Å². The smallest absolute Gasteiger partial charge is 0.308 e. The number of hydrogen-bond acceptors (Lipinski definition) is 3. The maximum Gasteiger partial charge on any atom is 0.323 e. The Hall–Kier alpha value is -2.67. The first kappa shape index (κ1) is 14.7. The van der Waals surface area contributed by atoms with E-state index in [0.717, 1.165) is 12.1 Å². The Bertz CT molecular complexity index is 692. The predicted octanol–water partition coefficient (Wildman–Crippen LogP) is 4.03. The zero-order valence-corrected chi connectivity index (χ0v) is 11.2. The molecule has 0 bridgehead atoms. The SMILES string of the molecule is O=C(Nc1ccc(Cl)cc1)Nc1ccc(F)c([N+](=O)[O-])c1. The van der Waals surface area contributed by atoms with E-state index in [1.165, 1.54) is 6.07 Å². The predicted molar refractivity (Wildman–Crippen MR) is 77.1 cm³/mol. The van der Waals surface area contributed by atoms with Crippen LogP contribution in [0.25, 0.3) is 0 Å². The molecule has 0 saturated carbocycles. The van der Waals surface area contributed by atoms with E-state index in [4.69, 9.17) is 11.6 Å². The van der Waals surface area contributed by atoms with Crippen molar-refractivity contribution in [2.24, 2.45) is 0 Å². The van der Waals surface area contributed by atoms with Gasteiger partial charge >= 0.3 is 11.7 Å². The van der Waals surface area contributed by atoms with E-state index in [2.05, 4.69) is 10.6 Å². The molecule has 2 aromatic carbocycles. The molecule has 2 N–H and O–H groups in total. The monoisotopic (exact) mass is 309 g/mol. The van der Waals surface area contributed by atoms with Gasteiger partial charge in [-0.05, 0) is 36.4 Å². The van der Waals surface area contributed by atoms with E-state index in [1.54, 1.807) is 24.3 Å². The van der Waals surface area contributed by atoms with E-state index >= 15 is 0 Å². The number of hydrogen-bond donors (Lipinski definition) is 2. The summed E-state index contributed by atoms with van der Waals surface area (Å²) in [6.45, 7) is 0. The Labute approximate surface area is 123 Å². The van der Waals surface area contributed by atoms with Gasteiger partial charge in [0.2, 0.25) is 5.82 Å². The van der Waals surface area contributed by atoms with Crippen molar-refractivity contribution in [3.05, 3.63) is 63.4 Å². The fourth-order valence-electron chi connectivity index (χ4n) is 1.56. The number of carbonyl (C=O) groups is 1. The number of anilines is 2. The second kappa shape index (κ2) is 6.19. The Morgan fingerprint density at radius 1 is 1.10 bits per heavy atom. The van der Waals surface area contributed by atoms with Crippen LogP contribution >= 0.6 is 11.6 Å². The van der Waals surface area contributed by atoms with Crippen molar-refractivity contribution in [2.75, 3.05) is 10.6 Å². The van der Waals surface area contributed by atoms with Gasteiger partial charge in [-0.1, -0.05) is 11.6 Å². The van der Waals surface area contributed by atoms with Crippen molar-refractivity contribution < 1.29 is 14.1 Å². The number of nitrogens with zero attached hydrogens (tertiary/aromatic N) is 1. The third-order valence-electron chi connectivity index (χ3n) is 2.50. The van der Waals surface area contributed by atoms with Gasteiger partial charge in [0.25, 0.3) is 0 Å². The van der Waals surface area contributed by atoms with E-state index in [9.17, 15) is 19.3 Å². The topological polar surface area (TPSA) is 84.3 Å². The summed E-state index contributed by atoms with van der Waals surface area (Å²) in [5, 5.41) is 16.0. The maximum atomic E-state index is 13.2. The van der Waals surface area contributed by atoms with Gasteiger partial charge in [0.1, 0.15) is 0 Å². The number of nitro groups is 1. The van der Waals surface area contributed by atoms with Gasteiger partial charge in [-0.15, -0.1) is 0 Å². The van der Waals surface area contributed by atoms with Crippen LogP contribution in [0.3, 0.4) is 0 Å². The highest BCUT2D eigenvalue weighted by Crippen LogP contribution is 2.22. The van der Waals surface area contributed by atoms with Crippen LogP contribution in [0.1, 0.15) is 0 Å². The Kier molecular flexibility index (Phi) is 4.34. The van der Waals surface area contributed by atoms with Crippen LogP contribution in [0.2, 0.25) is 5.02 Å². The molecule has 0 radical (unpaired) electrons. The first-order valence-corrected chi connectivity index (χ1v) is 6.11. The normalized spacial score (nSPS) is 10.0. The lowest BCUT2D eigenvalue weighted by molar-refractivity contribution is -0.387. The summed E-state index contributed by atoms with van der Waals surface area (Å²) in [5.41, 5.74) is -0.109. The molecule has 0 atom stereocenters. The van der Waals surface area contributed by atoms with E-state index in [-0.39, 0.29) is 5.69 Å². The van der Waals surface area contributed by atoms with Crippen LogP contribution in [0.5, 0.6) is 0 Å². The van der Waals surface area contributed by atoms with Crippen molar-refractivity contribution in [3.63, 3.8) is 0 Å². The molecule has 0 aromatic heterocycles. The average Bonchev–Trinajstić information content (AvgIpc) is 2.43. The fourth-order valence-corrected chi connectivity index (χ4v) is 1.68. The number of amides is 2. The van der Waals surface area contributed by atoms with Gasteiger partial charge in [0.05, 0.1) is 4.92 Å². The lowest BCUT2D eigenvalue weighted by Gasteiger charge is -2.07. The van der Waals surface area contributed by atoms with E-state index in [1.807, 2.05) is 0 Å². The molecule has 108 valence electrons. The number of nitrogens with one attached hydrogen (secondary N) is 2. The Balaban J connectivity index is 2.07. The van der Waals surface area contributed by atoms with Gasteiger partial charge in [-0.3, -0.25) is 10.1 Å². The maximum absolute atomic E-state index is 13.2. The van der Waals surface area contributed by atoms with Crippen molar-refractivity contribution in [3.8, 4) is 0 Å². The Morgan fingerprint density at radius 2 is 1.67 bits per heavy atom. The number of benzene rings is 2. The summed E-state index contributed by atoms with van der Waals surface area (Å²) in [6.07, 6.45) is 0. The molecular weight excluding hydrogens is 301 g/mol. The summed E-state index contributed by atoms with van der Waals surface area (Å²) in [6, 6.07) is 8.85. The van der Waals surface area contributed by atoms with Crippen molar-refractivity contribution in [1.82, 2.24) is 0 Å². The van der Waals surface area contributed by atoms with Crippen molar-refractivity contribution in [1.29, 1.82) is 0 Å². The molecule has 0 aliphatic carbocycles. The van der Waals surface area contributed by atoms with Crippen LogP contribution in [0, 0.1) is 15.9 Å². The molecule has 8 heteroatoms. The highest BCUT2D eigenvalue weighted by molar-refractivity contribution is 6.30. The van der Waals surface area contributed by atoms with Crippen LogP contribution in [-0.4, -0.2) is 11.0 Å². The third-order valence-corrected chi connectivity index (χ3v) is 2.75. The number of rotatable bonds is 3. The summed E-state index contributed by atoms with van der Waals surface area (Å²) in [5.74, 6) is -0.969. The van der Waals surface area contributed by atoms with Crippen LogP contribution in [0.15, 0.2) is 42.5 Å². The second-order valence-corrected chi connectivity index (χ2v) is 4.45. The zero-order chi connectivity index (χ0) is 15.4. The molecule has 2 rings (SSSR count). The minimum absolute atomic E-state index is 0.106. The summed E-state index contributed by atoms with van der Waals surface area (Å²) >= 11 is 5.71. The molecule has 0 spiro atoms. The minimum atomic E-state index is -0.969. The van der Waals surface area contributed by atoms with E-state index < -0.39 is 22.5 Å². The van der Waals surface area contributed by atoms with Crippen LogP contribution < -0.4 is 10.6 Å². The summed E-state index contributed by atoms with van der Waals surface area (Å²) < 4.78 is 13.2. The Morgan fingerprint density at radius 3 is 2.29 bits per heavy atom. The van der Waals surface area contributed by atoms with Gasteiger partial charge in [0.15, 0.2) is 0 Å². The molecule has 0 heterocycles. The lowest BCUT2D eigenvalue weighted by atomic mass is 10.2. The molecule has 0 unspecified atom stereocenters. The molecular formula is C13H9ClFN3O3. The minimum Gasteiger partial charge on any atom is -0.308 e. The highest BCUT2D eigenvalue weighted by atomic mass is 35.5. The molecule has 0 fully saturated rings. The average molecular weight is 310 g/mol. The standard InChI is InChI=1S/C13H9ClFN3O3/c14-8-1-3-9(4-2-8)16-13(19)17-10-5-6-11(15)12(7-10)18(20)21/h1-7H,(H2,16,17,19). The summed E-state index contributed by atoms with van der Waals surface area (Å²) in [7, 11) is 0. The number of urea groups is 1. The number of nitro benzene ring substituents is 1. The van der Waals surface area contributed by atoms with Crippen molar-refractivity contribution >= 4 is 34.7 Å². The first-order valence-electron chi connectivity index (χ1n) is 5.73. The van der Waals surface area contributed by atoms with Crippen molar-refractivity contribution in [2.45, 2.75) is 0 Å². The molecule has 6 nitrogen and oxygen atoms in total. The summed E-state index contributed by atoms with van der Waals surface area (Å²) in [4.78, 5) is 21.5. The number of carbonyl (C=O) groups excluding carboxylic acids is 1. The quantitative estimate of drug-likeness (QED) is 0.663. The zero-order valence-electron chi connectivity index (χ0n) is 10.5. The van der Waals surface area contributed by atoms with E-state index in [0.29, 0.717) is 10.7 Å². The van der Waals surface area contributed by atoms with Crippen LogP contribution in [0.4, 0.5) is 26.2 Å². The lowest BCUT2D eigenvalue weighted by Crippen LogP contribution is -2.19. The van der Waals surface area contributed by atoms with Gasteiger partial charge in [-0.2, -0.15) is 4.39 Å². The molecule has 0 aliphatic rings. The highest BCUT2D eigenvalue weighted by Gasteiger charge is 2.15. The molecule has 2 amide bonds. The molecule has 0 aliphatic heterocycles. The first-order chi connectivity index (χ1) is 9.95. The molecule has 2 aromatic rings. The fraction of sp³-hybridized carbons (Fsp3) is 0. The molecule has 0 saturated heterocycles. The van der Waals surface area contributed by atoms with Crippen LogP contribution in [-0.2, 0) is 0 Å². The van der Waals surface area contributed by atoms with Gasteiger partial charge in [-0.25, -0.2) is 4.79 Å². The third kappa shape index (κ3) is 3.90. The second-order valence-electron chi connectivity index (χ2n) is 4.01. The number of halogens is 2. The van der Waals surface area contributed by atoms with Gasteiger partial charge in [0, 0.05) is 22.5 Å². The molecule has 21 heavy (non-hydrogen) atoms. The largest absolute Gasteiger partial charge is 0.323 e.